The number of pyridine rings is 1. The van der Waals surface area contributed by atoms with Crippen LogP contribution >= 0.6 is 0 Å². The quantitative estimate of drug-likeness (QED) is 0.500. The molecule has 2 aromatic heterocycles. The van der Waals surface area contributed by atoms with Crippen LogP contribution in [0.1, 0.15) is 10.4 Å². The SMILES string of the molecule is O=C(Nc1ccc(Nc2cccc3cccnc23)nn1)c1ccc(F)c(F)c1F. The zero-order chi connectivity index (χ0) is 20.4. The summed E-state index contributed by atoms with van der Waals surface area (Å²) in [5.74, 6) is -5.24. The Labute approximate surface area is 162 Å². The van der Waals surface area contributed by atoms with E-state index >= 15 is 0 Å². The Bertz CT molecular complexity index is 1210. The van der Waals surface area contributed by atoms with Gasteiger partial charge in [-0.15, -0.1) is 10.2 Å². The minimum absolute atomic E-state index is 0.0146. The average Bonchev–Trinajstić information content (AvgIpc) is 2.74. The third-order valence-corrected chi connectivity index (χ3v) is 4.08. The van der Waals surface area contributed by atoms with Gasteiger partial charge in [-0.25, -0.2) is 13.2 Å². The maximum atomic E-state index is 13.7. The van der Waals surface area contributed by atoms with E-state index in [1.807, 2.05) is 30.3 Å². The molecule has 0 fully saturated rings. The standard InChI is InChI=1S/C20H12F3N5O/c21-13-7-6-12(17(22)18(13)23)20(29)26-16-9-8-15(27-28-16)25-14-5-1-3-11-4-2-10-24-19(11)14/h1-10H,(H,25,27)(H,26,28,29). The summed E-state index contributed by atoms with van der Waals surface area (Å²) in [7, 11) is 0. The number of amides is 1. The fourth-order valence-electron chi connectivity index (χ4n) is 2.69. The molecule has 0 bridgehead atoms. The zero-order valence-electron chi connectivity index (χ0n) is 14.7. The summed E-state index contributed by atoms with van der Waals surface area (Å²) >= 11 is 0. The van der Waals surface area contributed by atoms with E-state index in [0.29, 0.717) is 11.9 Å². The first-order valence-electron chi connectivity index (χ1n) is 8.42. The van der Waals surface area contributed by atoms with Gasteiger partial charge in [-0.2, -0.15) is 0 Å². The number of hydrogen-bond donors (Lipinski definition) is 2. The van der Waals surface area contributed by atoms with Crippen molar-refractivity contribution in [3.05, 3.63) is 83.8 Å². The smallest absolute Gasteiger partial charge is 0.259 e. The molecule has 0 aliphatic rings. The molecule has 4 aromatic rings. The van der Waals surface area contributed by atoms with Crippen LogP contribution in [0.5, 0.6) is 0 Å². The number of hydrogen-bond acceptors (Lipinski definition) is 5. The molecule has 1 amide bonds. The largest absolute Gasteiger partial charge is 0.337 e. The Morgan fingerprint density at radius 1 is 0.828 bits per heavy atom. The highest BCUT2D eigenvalue weighted by Gasteiger charge is 2.19. The van der Waals surface area contributed by atoms with Crippen molar-refractivity contribution in [3.63, 3.8) is 0 Å². The maximum Gasteiger partial charge on any atom is 0.259 e. The van der Waals surface area contributed by atoms with Crippen molar-refractivity contribution in [1.29, 1.82) is 0 Å². The van der Waals surface area contributed by atoms with Crippen LogP contribution in [-0.4, -0.2) is 21.1 Å². The lowest BCUT2D eigenvalue weighted by molar-refractivity contribution is 0.102. The van der Waals surface area contributed by atoms with E-state index < -0.39 is 28.9 Å². The molecule has 0 spiro atoms. The second-order valence-corrected chi connectivity index (χ2v) is 5.99. The highest BCUT2D eigenvalue weighted by atomic mass is 19.2. The van der Waals surface area contributed by atoms with Crippen molar-refractivity contribution in [3.8, 4) is 0 Å². The Morgan fingerprint density at radius 2 is 1.59 bits per heavy atom. The molecule has 2 heterocycles. The highest BCUT2D eigenvalue weighted by Crippen LogP contribution is 2.24. The molecule has 9 heteroatoms. The van der Waals surface area contributed by atoms with Gasteiger partial charge in [0.05, 0.1) is 16.8 Å². The van der Waals surface area contributed by atoms with Gasteiger partial charge < -0.3 is 10.6 Å². The monoisotopic (exact) mass is 395 g/mol. The van der Waals surface area contributed by atoms with Gasteiger partial charge in [0.15, 0.2) is 29.1 Å². The topological polar surface area (TPSA) is 79.8 Å². The number of aromatic nitrogens is 3. The number of para-hydroxylation sites is 1. The van der Waals surface area contributed by atoms with Crippen molar-refractivity contribution >= 4 is 34.1 Å². The van der Waals surface area contributed by atoms with E-state index in [1.54, 1.807) is 12.3 Å². The van der Waals surface area contributed by atoms with Crippen LogP contribution in [0, 0.1) is 17.5 Å². The van der Waals surface area contributed by atoms with E-state index in [4.69, 9.17) is 0 Å². The first-order chi connectivity index (χ1) is 14.0. The summed E-state index contributed by atoms with van der Waals surface area (Å²) in [6.45, 7) is 0. The minimum Gasteiger partial charge on any atom is -0.337 e. The molecule has 2 aromatic carbocycles. The van der Waals surface area contributed by atoms with Crippen LogP contribution < -0.4 is 10.6 Å². The number of carbonyl (C=O) groups is 1. The van der Waals surface area contributed by atoms with E-state index in [9.17, 15) is 18.0 Å². The van der Waals surface area contributed by atoms with Gasteiger partial charge in [0.1, 0.15) is 0 Å². The Kier molecular flexibility index (Phi) is 4.78. The van der Waals surface area contributed by atoms with Crippen molar-refractivity contribution < 1.29 is 18.0 Å². The zero-order valence-corrected chi connectivity index (χ0v) is 14.7. The third-order valence-electron chi connectivity index (χ3n) is 4.08. The molecular formula is C20H12F3N5O. The molecule has 0 atom stereocenters. The normalized spacial score (nSPS) is 10.7. The lowest BCUT2D eigenvalue weighted by Gasteiger charge is -2.09. The number of nitrogens with zero attached hydrogens (tertiary/aromatic N) is 3. The van der Waals surface area contributed by atoms with Crippen LogP contribution in [0.4, 0.5) is 30.5 Å². The average molecular weight is 395 g/mol. The van der Waals surface area contributed by atoms with Gasteiger partial charge >= 0.3 is 0 Å². The van der Waals surface area contributed by atoms with Crippen LogP contribution in [-0.2, 0) is 0 Å². The lowest BCUT2D eigenvalue weighted by Crippen LogP contribution is -2.16. The number of benzene rings is 2. The predicted octanol–water partition coefficient (Wildman–Crippen LogP) is 4.44. The number of anilines is 3. The van der Waals surface area contributed by atoms with Crippen LogP contribution in [0.3, 0.4) is 0 Å². The third kappa shape index (κ3) is 3.70. The van der Waals surface area contributed by atoms with E-state index in [-0.39, 0.29) is 5.82 Å². The fraction of sp³-hybridized carbons (Fsp3) is 0. The van der Waals surface area contributed by atoms with Gasteiger partial charge in [-0.05, 0) is 36.4 Å². The molecule has 0 saturated heterocycles. The number of carbonyl (C=O) groups excluding carboxylic acids is 1. The minimum atomic E-state index is -1.72. The summed E-state index contributed by atoms with van der Waals surface area (Å²) in [5.41, 5.74) is 0.829. The van der Waals surface area contributed by atoms with Crippen molar-refractivity contribution in [1.82, 2.24) is 15.2 Å². The van der Waals surface area contributed by atoms with Gasteiger partial charge in [-0.1, -0.05) is 18.2 Å². The maximum absolute atomic E-state index is 13.7. The fourth-order valence-corrected chi connectivity index (χ4v) is 2.69. The van der Waals surface area contributed by atoms with Crippen LogP contribution in [0.25, 0.3) is 10.9 Å². The summed E-state index contributed by atoms with van der Waals surface area (Å²) in [5, 5.41) is 14.1. The number of fused-ring (bicyclic) bond motifs is 1. The molecule has 4 rings (SSSR count). The Morgan fingerprint density at radius 3 is 2.38 bits per heavy atom. The molecule has 29 heavy (non-hydrogen) atoms. The predicted molar refractivity (Wildman–Crippen MR) is 101 cm³/mol. The summed E-state index contributed by atoms with van der Waals surface area (Å²) in [6.07, 6.45) is 1.68. The summed E-state index contributed by atoms with van der Waals surface area (Å²) < 4.78 is 40.0. The second kappa shape index (κ2) is 7.55. The molecule has 0 radical (unpaired) electrons. The van der Waals surface area contributed by atoms with Crippen molar-refractivity contribution in [2.24, 2.45) is 0 Å². The molecule has 6 nitrogen and oxygen atoms in total. The Balaban J connectivity index is 1.51. The second-order valence-electron chi connectivity index (χ2n) is 5.99. The molecule has 0 saturated carbocycles. The summed E-state index contributed by atoms with van der Waals surface area (Å²) in [4.78, 5) is 16.4. The molecule has 0 aliphatic carbocycles. The number of halogens is 3. The van der Waals surface area contributed by atoms with Crippen molar-refractivity contribution in [2.75, 3.05) is 10.6 Å². The van der Waals surface area contributed by atoms with E-state index in [1.165, 1.54) is 6.07 Å². The van der Waals surface area contributed by atoms with Gasteiger partial charge in [0.2, 0.25) is 0 Å². The van der Waals surface area contributed by atoms with Crippen LogP contribution in [0.15, 0.2) is 60.8 Å². The highest BCUT2D eigenvalue weighted by molar-refractivity contribution is 6.04. The number of rotatable bonds is 4. The van der Waals surface area contributed by atoms with E-state index in [2.05, 4.69) is 25.8 Å². The molecule has 0 unspecified atom stereocenters. The first-order valence-corrected chi connectivity index (χ1v) is 8.42. The molecule has 144 valence electrons. The first kappa shape index (κ1) is 18.4. The van der Waals surface area contributed by atoms with Crippen LogP contribution in [0.2, 0.25) is 0 Å². The number of nitrogens with one attached hydrogen (secondary N) is 2. The van der Waals surface area contributed by atoms with Crippen molar-refractivity contribution in [2.45, 2.75) is 0 Å². The Hall–Kier alpha value is -4.01. The molecule has 2 N–H and O–H groups in total. The molecular weight excluding hydrogens is 383 g/mol. The lowest BCUT2D eigenvalue weighted by atomic mass is 10.2. The molecule has 0 aliphatic heterocycles. The van der Waals surface area contributed by atoms with Gasteiger partial charge in [-0.3, -0.25) is 9.78 Å². The summed E-state index contributed by atoms with van der Waals surface area (Å²) in [6, 6.07) is 13.9. The van der Waals surface area contributed by atoms with Gasteiger partial charge in [0, 0.05) is 11.6 Å². The van der Waals surface area contributed by atoms with Gasteiger partial charge in [0.25, 0.3) is 5.91 Å². The van der Waals surface area contributed by atoms with E-state index in [0.717, 1.165) is 22.7 Å².